The average molecular weight is 529 g/mol. The van der Waals surface area contributed by atoms with Crippen molar-refractivity contribution < 1.29 is 29.0 Å². The van der Waals surface area contributed by atoms with Gasteiger partial charge in [0.05, 0.1) is 30.8 Å². The van der Waals surface area contributed by atoms with Gasteiger partial charge in [-0.2, -0.15) is 0 Å². The highest BCUT2D eigenvalue weighted by Crippen LogP contribution is 2.65. The van der Waals surface area contributed by atoms with E-state index >= 15 is 0 Å². The predicted molar refractivity (Wildman–Crippen MR) is 143 cm³/mol. The van der Waals surface area contributed by atoms with E-state index in [1.165, 1.54) is 4.90 Å². The number of benzene rings is 1. The van der Waals surface area contributed by atoms with Crippen LogP contribution in [-0.2, 0) is 23.9 Å². The van der Waals surface area contributed by atoms with Gasteiger partial charge in [0.25, 0.3) is 0 Å². The van der Waals surface area contributed by atoms with Crippen molar-refractivity contribution in [3.63, 3.8) is 0 Å². The normalized spacial score (nSPS) is 31.3. The lowest BCUT2D eigenvalue weighted by Crippen LogP contribution is -2.60. The van der Waals surface area contributed by atoms with Gasteiger partial charge in [-0.15, -0.1) is 0 Å². The lowest BCUT2D eigenvalue weighted by Gasteiger charge is -2.40. The molecule has 2 amide bonds. The molecule has 0 aliphatic carbocycles. The molecule has 2 unspecified atom stereocenters. The number of likely N-dealkylation sites (tertiary alicyclic amines) is 1. The molecular weight excluding hydrogens is 484 g/mol. The highest BCUT2D eigenvalue weighted by atomic mass is 16.6. The zero-order valence-corrected chi connectivity index (χ0v) is 23.9. The first-order valence-electron chi connectivity index (χ1n) is 13.9. The topological polar surface area (TPSA) is 105 Å². The fourth-order valence-corrected chi connectivity index (χ4v) is 7.68. The number of amides is 2. The molecule has 3 aliphatic heterocycles. The van der Waals surface area contributed by atoms with Crippen molar-refractivity contribution in [2.75, 3.05) is 13.2 Å². The van der Waals surface area contributed by atoms with Gasteiger partial charge in [-0.1, -0.05) is 58.0 Å². The number of esters is 1. The molecule has 3 heterocycles. The fourth-order valence-electron chi connectivity index (χ4n) is 7.68. The average Bonchev–Trinajstić information content (AvgIpc) is 3.42. The second kappa shape index (κ2) is 9.94. The molecule has 8 nitrogen and oxygen atoms in total. The molecule has 3 aliphatic rings. The molecule has 38 heavy (non-hydrogen) atoms. The predicted octanol–water partition coefficient (Wildman–Crippen LogP) is 3.77. The smallest absolute Gasteiger partial charge is 0.312 e. The number of rotatable bonds is 9. The van der Waals surface area contributed by atoms with E-state index in [0.29, 0.717) is 19.3 Å². The number of carbonyl (C=O) groups excluding carboxylic acids is 3. The van der Waals surface area contributed by atoms with Crippen molar-refractivity contribution in [3.05, 3.63) is 35.9 Å². The van der Waals surface area contributed by atoms with Gasteiger partial charge < -0.3 is 24.8 Å². The molecule has 2 N–H and O–H groups in total. The largest absolute Gasteiger partial charge is 0.466 e. The molecule has 0 aromatic heterocycles. The minimum Gasteiger partial charge on any atom is -0.466 e. The number of hydrogen-bond donors (Lipinski definition) is 2. The van der Waals surface area contributed by atoms with E-state index in [1.54, 1.807) is 6.92 Å². The third kappa shape index (κ3) is 4.64. The SMILES string of the molecule is CCOC(=O)[C@@H]1[C@H]2C(=O)N([C@H](CO)c3ccccc3)C(C(=O)NC(C)(C)CC(C)(C)C)C23CC[C@@]1(CC)O3. The molecule has 1 spiro atoms. The number of nitrogens with zero attached hydrogens (tertiary/aromatic N) is 1. The number of nitrogens with one attached hydrogen (secondary N) is 1. The minimum atomic E-state index is -1.17. The second-order valence-corrected chi connectivity index (χ2v) is 13.1. The third-order valence-electron chi connectivity index (χ3n) is 8.53. The third-order valence-corrected chi connectivity index (χ3v) is 8.53. The van der Waals surface area contributed by atoms with E-state index in [2.05, 4.69) is 26.1 Å². The van der Waals surface area contributed by atoms with Gasteiger partial charge in [-0.3, -0.25) is 14.4 Å². The van der Waals surface area contributed by atoms with E-state index in [9.17, 15) is 19.5 Å². The molecule has 0 radical (unpaired) electrons. The number of aliphatic hydroxyl groups excluding tert-OH is 1. The van der Waals surface area contributed by atoms with Gasteiger partial charge in [-0.25, -0.2) is 0 Å². The first kappa shape index (κ1) is 28.6. The summed E-state index contributed by atoms with van der Waals surface area (Å²) in [6, 6.07) is 7.48. The first-order chi connectivity index (χ1) is 17.8. The van der Waals surface area contributed by atoms with Crippen LogP contribution in [0.4, 0.5) is 0 Å². The van der Waals surface area contributed by atoms with Crippen LogP contribution in [0.3, 0.4) is 0 Å². The Hall–Kier alpha value is -2.45. The van der Waals surface area contributed by atoms with Crippen LogP contribution in [0.25, 0.3) is 0 Å². The molecule has 8 heteroatoms. The van der Waals surface area contributed by atoms with Gasteiger partial charge in [0.15, 0.2) is 0 Å². The highest BCUT2D eigenvalue weighted by molar-refractivity contribution is 5.99. The molecule has 1 aromatic rings. The summed E-state index contributed by atoms with van der Waals surface area (Å²) in [5, 5.41) is 13.8. The summed E-state index contributed by atoms with van der Waals surface area (Å²) in [6.45, 7) is 13.9. The summed E-state index contributed by atoms with van der Waals surface area (Å²) in [6.07, 6.45) is 2.30. The maximum Gasteiger partial charge on any atom is 0.312 e. The quantitative estimate of drug-likeness (QED) is 0.473. The molecule has 4 rings (SSSR count). The summed E-state index contributed by atoms with van der Waals surface area (Å²) in [5.74, 6) is -2.76. The number of ether oxygens (including phenoxy) is 2. The van der Waals surface area contributed by atoms with Crippen molar-refractivity contribution in [2.24, 2.45) is 17.3 Å². The van der Waals surface area contributed by atoms with E-state index in [-0.39, 0.29) is 30.4 Å². The number of carbonyl (C=O) groups is 3. The number of fused-ring (bicyclic) bond motifs is 1. The highest BCUT2D eigenvalue weighted by Gasteiger charge is 2.79. The van der Waals surface area contributed by atoms with Crippen LogP contribution in [-0.4, -0.2) is 63.8 Å². The fraction of sp³-hybridized carbons (Fsp3) is 0.700. The maximum absolute atomic E-state index is 14.4. The maximum atomic E-state index is 14.4. The van der Waals surface area contributed by atoms with Crippen LogP contribution in [0.5, 0.6) is 0 Å². The number of aliphatic hydroxyl groups is 1. The van der Waals surface area contributed by atoms with Crippen molar-refractivity contribution in [1.29, 1.82) is 0 Å². The Morgan fingerprint density at radius 2 is 1.82 bits per heavy atom. The Morgan fingerprint density at radius 1 is 1.16 bits per heavy atom. The van der Waals surface area contributed by atoms with Crippen molar-refractivity contribution >= 4 is 17.8 Å². The van der Waals surface area contributed by atoms with Crippen LogP contribution in [0.15, 0.2) is 30.3 Å². The second-order valence-electron chi connectivity index (χ2n) is 13.1. The van der Waals surface area contributed by atoms with Crippen molar-refractivity contribution in [3.8, 4) is 0 Å². The van der Waals surface area contributed by atoms with Crippen LogP contribution in [0.1, 0.15) is 85.8 Å². The zero-order valence-electron chi connectivity index (χ0n) is 23.9. The molecule has 0 saturated carbocycles. The lowest BCUT2D eigenvalue weighted by molar-refractivity contribution is -0.162. The van der Waals surface area contributed by atoms with Gasteiger partial charge in [0.2, 0.25) is 11.8 Å². The van der Waals surface area contributed by atoms with Gasteiger partial charge in [-0.05, 0) is 57.4 Å². The van der Waals surface area contributed by atoms with Gasteiger partial charge in [0, 0.05) is 5.54 Å². The molecule has 2 bridgehead atoms. The van der Waals surface area contributed by atoms with E-state index in [4.69, 9.17) is 9.47 Å². The Labute approximate surface area is 226 Å². The minimum absolute atomic E-state index is 0.0377. The molecule has 6 atom stereocenters. The summed E-state index contributed by atoms with van der Waals surface area (Å²) in [4.78, 5) is 43.5. The first-order valence-corrected chi connectivity index (χ1v) is 13.9. The molecule has 3 fully saturated rings. The lowest BCUT2D eigenvalue weighted by atomic mass is 9.65. The van der Waals surface area contributed by atoms with Crippen molar-refractivity contribution in [1.82, 2.24) is 10.2 Å². The Balaban J connectivity index is 1.83. The Kier molecular flexibility index (Phi) is 7.47. The van der Waals surface area contributed by atoms with Crippen LogP contribution in [0, 0.1) is 17.3 Å². The molecular formula is C30H44N2O6. The van der Waals surface area contributed by atoms with E-state index in [1.807, 2.05) is 51.1 Å². The van der Waals surface area contributed by atoms with Crippen LogP contribution < -0.4 is 5.32 Å². The van der Waals surface area contributed by atoms with Crippen LogP contribution in [0.2, 0.25) is 0 Å². The summed E-state index contributed by atoms with van der Waals surface area (Å²) >= 11 is 0. The number of hydrogen-bond acceptors (Lipinski definition) is 6. The molecule has 1 aromatic carbocycles. The Morgan fingerprint density at radius 3 is 2.37 bits per heavy atom. The zero-order chi connectivity index (χ0) is 28.1. The van der Waals surface area contributed by atoms with E-state index < -0.39 is 46.6 Å². The molecule has 210 valence electrons. The van der Waals surface area contributed by atoms with Gasteiger partial charge in [0.1, 0.15) is 17.6 Å². The summed E-state index contributed by atoms with van der Waals surface area (Å²) in [5.41, 5.74) is -1.89. The van der Waals surface area contributed by atoms with E-state index in [0.717, 1.165) is 12.0 Å². The van der Waals surface area contributed by atoms with Crippen molar-refractivity contribution in [2.45, 2.75) is 103 Å². The molecule has 3 saturated heterocycles. The van der Waals surface area contributed by atoms with Gasteiger partial charge >= 0.3 is 5.97 Å². The Bertz CT molecular complexity index is 1070. The monoisotopic (exact) mass is 528 g/mol. The summed E-state index contributed by atoms with van der Waals surface area (Å²) in [7, 11) is 0. The van der Waals surface area contributed by atoms with Crippen LogP contribution >= 0.6 is 0 Å². The standard InChI is InChI=1S/C30H44N2O6/c1-8-29-15-16-30(38-29)21(22(29)26(36)37-9-2)25(35)32(20(17-33)19-13-11-10-12-14-19)23(30)24(34)31-28(6,7)18-27(3,4)5/h10-14,20-23,33H,8-9,15-18H2,1-7H3,(H,31,34)/t20-,21+,22+,23?,29-,30?/m1/s1. The summed E-state index contributed by atoms with van der Waals surface area (Å²) < 4.78 is 12.2.